The standard InChI is InChI=1S/C16H14O2/c1-11-9-16(17)18-15-8-7-13(10-14(11)15)12-5-3-2-4-6-12/h2-8,10-11H,9H2,1H3. The summed E-state index contributed by atoms with van der Waals surface area (Å²) in [7, 11) is 0. The van der Waals surface area contributed by atoms with Crippen LogP contribution in [0.4, 0.5) is 0 Å². The maximum atomic E-state index is 11.4. The summed E-state index contributed by atoms with van der Waals surface area (Å²) in [6, 6.07) is 16.2. The van der Waals surface area contributed by atoms with Crippen LogP contribution in [0, 0.1) is 0 Å². The first kappa shape index (κ1) is 11.0. The first-order chi connectivity index (χ1) is 8.74. The molecule has 0 fully saturated rings. The molecule has 0 radical (unpaired) electrons. The van der Waals surface area contributed by atoms with Crippen LogP contribution in [0.2, 0.25) is 0 Å². The van der Waals surface area contributed by atoms with Gasteiger partial charge in [0.2, 0.25) is 0 Å². The second kappa shape index (κ2) is 4.30. The van der Waals surface area contributed by atoms with Crippen molar-refractivity contribution in [3.8, 4) is 16.9 Å². The van der Waals surface area contributed by atoms with Gasteiger partial charge in [0.15, 0.2) is 0 Å². The van der Waals surface area contributed by atoms with Gasteiger partial charge in [-0.25, -0.2) is 0 Å². The Bertz CT molecular complexity index is 587. The molecule has 0 amide bonds. The summed E-state index contributed by atoms with van der Waals surface area (Å²) in [5, 5.41) is 0. The lowest BCUT2D eigenvalue weighted by molar-refractivity contribution is -0.135. The number of fused-ring (bicyclic) bond motifs is 1. The topological polar surface area (TPSA) is 26.3 Å². The molecule has 3 rings (SSSR count). The van der Waals surface area contributed by atoms with Crippen molar-refractivity contribution in [1.29, 1.82) is 0 Å². The molecule has 0 N–H and O–H groups in total. The second-order valence-corrected chi connectivity index (χ2v) is 4.70. The summed E-state index contributed by atoms with van der Waals surface area (Å²) < 4.78 is 5.25. The van der Waals surface area contributed by atoms with Crippen LogP contribution >= 0.6 is 0 Å². The van der Waals surface area contributed by atoms with Crippen LogP contribution in [-0.4, -0.2) is 5.97 Å². The molecule has 1 atom stereocenters. The molecule has 2 nitrogen and oxygen atoms in total. The van der Waals surface area contributed by atoms with E-state index < -0.39 is 0 Å². The minimum atomic E-state index is -0.137. The first-order valence-corrected chi connectivity index (χ1v) is 6.14. The molecule has 0 saturated carbocycles. The van der Waals surface area contributed by atoms with E-state index in [4.69, 9.17) is 4.74 Å². The smallest absolute Gasteiger partial charge is 0.311 e. The van der Waals surface area contributed by atoms with Crippen LogP contribution in [-0.2, 0) is 4.79 Å². The van der Waals surface area contributed by atoms with Crippen LogP contribution in [0.1, 0.15) is 24.8 Å². The number of carbonyl (C=O) groups is 1. The van der Waals surface area contributed by atoms with Gasteiger partial charge in [-0.2, -0.15) is 0 Å². The van der Waals surface area contributed by atoms with Crippen LogP contribution in [0.25, 0.3) is 11.1 Å². The third-order valence-electron chi connectivity index (χ3n) is 3.34. The summed E-state index contributed by atoms with van der Waals surface area (Å²) >= 11 is 0. The Morgan fingerprint density at radius 1 is 1.06 bits per heavy atom. The van der Waals surface area contributed by atoms with Crippen molar-refractivity contribution in [3.63, 3.8) is 0 Å². The molecule has 2 aromatic carbocycles. The summed E-state index contributed by atoms with van der Waals surface area (Å²) in [6.45, 7) is 2.06. The Morgan fingerprint density at radius 3 is 2.61 bits per heavy atom. The van der Waals surface area contributed by atoms with E-state index in [0.717, 1.165) is 5.56 Å². The summed E-state index contributed by atoms with van der Waals surface area (Å²) in [4.78, 5) is 11.4. The molecule has 1 heterocycles. The number of esters is 1. The van der Waals surface area contributed by atoms with E-state index >= 15 is 0 Å². The lowest BCUT2D eigenvalue weighted by atomic mass is 9.91. The van der Waals surface area contributed by atoms with Gasteiger partial charge in [0.05, 0.1) is 6.42 Å². The van der Waals surface area contributed by atoms with Crippen molar-refractivity contribution in [2.45, 2.75) is 19.3 Å². The molecule has 0 bridgehead atoms. The molecule has 2 aromatic rings. The van der Waals surface area contributed by atoms with E-state index in [1.807, 2.05) is 30.3 Å². The molecule has 18 heavy (non-hydrogen) atoms. The highest BCUT2D eigenvalue weighted by atomic mass is 16.5. The second-order valence-electron chi connectivity index (χ2n) is 4.70. The van der Waals surface area contributed by atoms with Crippen LogP contribution in [0.5, 0.6) is 5.75 Å². The lowest BCUT2D eigenvalue weighted by Gasteiger charge is -2.22. The van der Waals surface area contributed by atoms with Gasteiger partial charge < -0.3 is 4.74 Å². The molecule has 0 aliphatic carbocycles. The number of ether oxygens (including phenoxy) is 1. The highest BCUT2D eigenvalue weighted by Crippen LogP contribution is 2.36. The number of rotatable bonds is 1. The normalized spacial score (nSPS) is 18.1. The zero-order valence-electron chi connectivity index (χ0n) is 10.2. The summed E-state index contributed by atoms with van der Waals surface area (Å²) in [5.41, 5.74) is 3.47. The highest BCUT2D eigenvalue weighted by Gasteiger charge is 2.23. The van der Waals surface area contributed by atoms with Gasteiger partial charge >= 0.3 is 5.97 Å². The Morgan fingerprint density at radius 2 is 1.83 bits per heavy atom. The van der Waals surface area contributed by atoms with Crippen molar-refractivity contribution in [1.82, 2.24) is 0 Å². The van der Waals surface area contributed by atoms with Crippen LogP contribution in [0.3, 0.4) is 0 Å². The van der Waals surface area contributed by atoms with E-state index in [1.54, 1.807) is 0 Å². The van der Waals surface area contributed by atoms with Gasteiger partial charge in [-0.3, -0.25) is 4.79 Å². The number of hydrogen-bond acceptors (Lipinski definition) is 2. The SMILES string of the molecule is CC1CC(=O)Oc2ccc(-c3ccccc3)cc21. The molecule has 90 valence electrons. The van der Waals surface area contributed by atoms with Crippen molar-refractivity contribution in [3.05, 3.63) is 54.1 Å². The van der Waals surface area contributed by atoms with Crippen molar-refractivity contribution >= 4 is 5.97 Å². The molecule has 0 spiro atoms. The zero-order valence-corrected chi connectivity index (χ0v) is 10.2. The molecule has 2 heteroatoms. The third-order valence-corrected chi connectivity index (χ3v) is 3.34. The van der Waals surface area contributed by atoms with Gasteiger partial charge in [-0.15, -0.1) is 0 Å². The van der Waals surface area contributed by atoms with Crippen molar-refractivity contribution in [2.75, 3.05) is 0 Å². The van der Waals surface area contributed by atoms with Crippen molar-refractivity contribution < 1.29 is 9.53 Å². The Balaban J connectivity index is 2.06. The molecule has 0 saturated heterocycles. The summed E-state index contributed by atoms with van der Waals surface area (Å²) in [5.74, 6) is 0.797. The molecule has 1 aliphatic heterocycles. The first-order valence-electron chi connectivity index (χ1n) is 6.14. The molecule has 0 aromatic heterocycles. The average Bonchev–Trinajstić information content (AvgIpc) is 2.39. The fraction of sp³-hybridized carbons (Fsp3) is 0.188. The monoisotopic (exact) mass is 238 g/mol. The summed E-state index contributed by atoms with van der Waals surface area (Å²) in [6.07, 6.45) is 0.464. The lowest BCUT2D eigenvalue weighted by Crippen LogP contribution is -2.18. The fourth-order valence-electron chi connectivity index (χ4n) is 2.36. The third kappa shape index (κ3) is 1.90. The molecule has 1 aliphatic rings. The Kier molecular flexibility index (Phi) is 2.63. The van der Waals surface area contributed by atoms with Gasteiger partial charge in [-0.1, -0.05) is 43.3 Å². The number of benzene rings is 2. The number of hydrogen-bond donors (Lipinski definition) is 0. The van der Waals surface area contributed by atoms with Gasteiger partial charge in [0.25, 0.3) is 0 Å². The molecular weight excluding hydrogens is 224 g/mol. The van der Waals surface area contributed by atoms with Gasteiger partial charge in [0.1, 0.15) is 5.75 Å². The van der Waals surface area contributed by atoms with E-state index in [-0.39, 0.29) is 11.9 Å². The Labute approximate surface area is 106 Å². The largest absolute Gasteiger partial charge is 0.426 e. The Hall–Kier alpha value is -2.09. The van der Waals surface area contributed by atoms with Crippen LogP contribution < -0.4 is 4.74 Å². The maximum Gasteiger partial charge on any atom is 0.311 e. The average molecular weight is 238 g/mol. The molecule has 1 unspecified atom stereocenters. The molecular formula is C16H14O2. The van der Waals surface area contributed by atoms with Crippen LogP contribution in [0.15, 0.2) is 48.5 Å². The number of carbonyl (C=O) groups excluding carboxylic acids is 1. The van der Waals surface area contributed by atoms with Crippen molar-refractivity contribution in [2.24, 2.45) is 0 Å². The van der Waals surface area contributed by atoms with E-state index in [1.165, 1.54) is 11.1 Å². The fourth-order valence-corrected chi connectivity index (χ4v) is 2.36. The predicted molar refractivity (Wildman–Crippen MR) is 70.5 cm³/mol. The van der Waals surface area contributed by atoms with Gasteiger partial charge in [-0.05, 0) is 34.7 Å². The van der Waals surface area contributed by atoms with E-state index in [0.29, 0.717) is 12.2 Å². The minimum Gasteiger partial charge on any atom is -0.426 e. The quantitative estimate of drug-likeness (QED) is 0.558. The van der Waals surface area contributed by atoms with E-state index in [2.05, 4.69) is 25.1 Å². The predicted octanol–water partition coefficient (Wildman–Crippen LogP) is 3.77. The minimum absolute atomic E-state index is 0.137. The highest BCUT2D eigenvalue weighted by molar-refractivity contribution is 5.77. The zero-order chi connectivity index (χ0) is 12.5. The van der Waals surface area contributed by atoms with Gasteiger partial charge in [0, 0.05) is 0 Å². The van der Waals surface area contributed by atoms with E-state index in [9.17, 15) is 4.79 Å². The maximum absolute atomic E-state index is 11.4.